The normalized spacial score (nSPS) is 13.0. The molecule has 0 spiro atoms. The summed E-state index contributed by atoms with van der Waals surface area (Å²) in [5.41, 5.74) is 3.89. The molecule has 55 heavy (non-hydrogen) atoms. The number of hydrogen-bond donors (Lipinski definition) is 0. The molecule has 0 aliphatic carbocycles. The van der Waals surface area contributed by atoms with Gasteiger partial charge in [0, 0.05) is 37.5 Å². The number of nitrogens with zero attached hydrogens (tertiary/aromatic N) is 9. The summed E-state index contributed by atoms with van der Waals surface area (Å²) in [6, 6.07) is 25.6. The Morgan fingerprint density at radius 2 is 1.22 bits per heavy atom. The van der Waals surface area contributed by atoms with Crippen molar-refractivity contribution in [3.8, 4) is 11.8 Å². The van der Waals surface area contributed by atoms with E-state index in [1.807, 2.05) is 85.3 Å². The average Bonchev–Trinajstić information content (AvgIpc) is 3.83. The first-order chi connectivity index (χ1) is 26.8. The Hall–Kier alpha value is -6.51. The summed E-state index contributed by atoms with van der Waals surface area (Å²) in [6.07, 6.45) is 2.44. The van der Waals surface area contributed by atoms with E-state index in [0.29, 0.717) is 75.3 Å². The third-order valence-corrected chi connectivity index (χ3v) is 8.59. The van der Waals surface area contributed by atoms with Gasteiger partial charge in [-0.1, -0.05) is 74.5 Å². The van der Waals surface area contributed by atoms with Crippen LogP contribution in [0.4, 0.5) is 8.78 Å². The van der Waals surface area contributed by atoms with Crippen molar-refractivity contribution in [2.75, 3.05) is 13.1 Å². The number of aromatic nitrogens is 7. The number of halogens is 2. The smallest absolute Gasteiger partial charge is 0.275 e. The van der Waals surface area contributed by atoms with Gasteiger partial charge in [0.25, 0.3) is 11.8 Å². The van der Waals surface area contributed by atoms with E-state index in [4.69, 9.17) is 9.47 Å². The van der Waals surface area contributed by atoms with Gasteiger partial charge in [-0.15, -0.1) is 10.2 Å². The summed E-state index contributed by atoms with van der Waals surface area (Å²) >= 11 is 0. The topological polar surface area (TPSA) is 133 Å². The molecule has 0 unspecified atom stereocenters. The van der Waals surface area contributed by atoms with Crippen LogP contribution in [-0.2, 0) is 39.4 Å². The van der Waals surface area contributed by atoms with E-state index in [1.54, 1.807) is 34.8 Å². The van der Waals surface area contributed by atoms with Gasteiger partial charge in [0.2, 0.25) is 11.8 Å². The van der Waals surface area contributed by atoms with E-state index in [-0.39, 0.29) is 18.1 Å². The standard InChI is InChI=1S/C19H16F2N4O2.C19H19N5O2.C2H6/c20-14-8-16(21)18(22-10-14)19(26)24-6-7-25-15(11-24)9-17(23-25)27-12-13-4-2-1-3-5-13;1-14-20-8-7-17(21-14)19(25)23-9-10-24-16(12-23)11-18(22-24)26-13-15-5-3-2-4-6-15;1-2/h1-5,8-10H,6-7,11-12H2;2-8,11H,9-10,12-13H2,1H3;1-2H3. The van der Waals surface area contributed by atoms with Crippen molar-refractivity contribution in [1.29, 1.82) is 0 Å². The lowest BCUT2D eigenvalue weighted by Crippen LogP contribution is -2.39. The number of carbonyl (C=O) groups excluding carboxylic acids is 2. The molecule has 4 aromatic heterocycles. The Bertz CT molecular complexity index is 2210. The van der Waals surface area contributed by atoms with Gasteiger partial charge in [-0.3, -0.25) is 19.0 Å². The van der Waals surface area contributed by atoms with Crippen LogP contribution in [0.15, 0.2) is 97.3 Å². The fraction of sp³-hybridized carbons (Fsp3) is 0.275. The van der Waals surface area contributed by atoms with Crippen LogP contribution in [0.1, 0.15) is 63.2 Å². The van der Waals surface area contributed by atoms with E-state index in [2.05, 4.69) is 25.1 Å². The van der Waals surface area contributed by atoms with E-state index in [0.717, 1.165) is 28.7 Å². The second-order valence-electron chi connectivity index (χ2n) is 12.4. The first-order valence-corrected chi connectivity index (χ1v) is 17.9. The van der Waals surface area contributed by atoms with Crippen molar-refractivity contribution in [3.63, 3.8) is 0 Å². The fourth-order valence-corrected chi connectivity index (χ4v) is 5.89. The average molecular weight is 750 g/mol. The molecule has 0 fully saturated rings. The number of hydrogen-bond acceptors (Lipinski definition) is 9. The molecule has 0 bridgehead atoms. The molecule has 2 aliphatic heterocycles. The zero-order chi connectivity index (χ0) is 38.7. The highest BCUT2D eigenvalue weighted by Crippen LogP contribution is 2.22. The van der Waals surface area contributed by atoms with Crippen molar-refractivity contribution >= 4 is 11.8 Å². The van der Waals surface area contributed by atoms with Crippen LogP contribution in [0, 0.1) is 18.6 Å². The molecule has 0 N–H and O–H groups in total. The van der Waals surface area contributed by atoms with Crippen LogP contribution in [0.5, 0.6) is 11.8 Å². The summed E-state index contributed by atoms with van der Waals surface area (Å²) in [5, 5.41) is 8.86. The lowest BCUT2D eigenvalue weighted by molar-refractivity contribution is 0.0689. The number of fused-ring (bicyclic) bond motifs is 2. The summed E-state index contributed by atoms with van der Waals surface area (Å²) in [5.74, 6) is -0.812. The number of rotatable bonds is 8. The number of amides is 2. The molecular weight excluding hydrogens is 708 g/mol. The maximum atomic E-state index is 13.8. The lowest BCUT2D eigenvalue weighted by atomic mass is 10.2. The summed E-state index contributed by atoms with van der Waals surface area (Å²) < 4.78 is 42.0. The summed E-state index contributed by atoms with van der Waals surface area (Å²) in [7, 11) is 0. The van der Waals surface area contributed by atoms with Crippen LogP contribution >= 0.6 is 0 Å². The predicted octanol–water partition coefficient (Wildman–Crippen LogP) is 6.03. The van der Waals surface area contributed by atoms with Gasteiger partial charge in [0.05, 0.1) is 43.8 Å². The molecule has 6 heterocycles. The minimum atomic E-state index is -0.967. The van der Waals surface area contributed by atoms with Gasteiger partial charge in [-0.25, -0.2) is 23.7 Å². The molecule has 0 saturated heterocycles. The van der Waals surface area contributed by atoms with E-state index < -0.39 is 17.5 Å². The number of aryl methyl sites for hydroxylation is 1. The highest BCUT2D eigenvalue weighted by Gasteiger charge is 2.27. The molecule has 284 valence electrons. The quantitative estimate of drug-likeness (QED) is 0.183. The third kappa shape index (κ3) is 9.73. The van der Waals surface area contributed by atoms with Gasteiger partial charge >= 0.3 is 0 Å². The zero-order valence-electron chi connectivity index (χ0n) is 30.8. The van der Waals surface area contributed by atoms with Crippen molar-refractivity contribution in [2.24, 2.45) is 0 Å². The minimum Gasteiger partial charge on any atom is -0.472 e. The molecule has 0 radical (unpaired) electrons. The van der Waals surface area contributed by atoms with Crippen molar-refractivity contribution in [2.45, 2.75) is 60.2 Å². The monoisotopic (exact) mass is 749 g/mol. The Kier molecular flexibility index (Phi) is 12.5. The molecule has 0 saturated carbocycles. The van der Waals surface area contributed by atoms with E-state index in [9.17, 15) is 18.4 Å². The van der Waals surface area contributed by atoms with E-state index in [1.165, 1.54) is 4.90 Å². The first-order valence-electron chi connectivity index (χ1n) is 17.9. The lowest BCUT2D eigenvalue weighted by Gasteiger charge is -2.27. The van der Waals surface area contributed by atoms with Gasteiger partial charge in [-0.2, -0.15) is 0 Å². The van der Waals surface area contributed by atoms with Crippen LogP contribution in [0.2, 0.25) is 0 Å². The molecule has 15 heteroatoms. The molecular formula is C40H41F2N9O4. The number of ether oxygens (including phenoxy) is 2. The van der Waals surface area contributed by atoms with Crippen molar-refractivity contribution in [3.05, 3.63) is 149 Å². The Morgan fingerprint density at radius 3 is 1.73 bits per heavy atom. The summed E-state index contributed by atoms with van der Waals surface area (Å²) in [4.78, 5) is 40.2. The van der Waals surface area contributed by atoms with E-state index >= 15 is 0 Å². The first kappa shape index (κ1) is 38.2. The fourth-order valence-electron chi connectivity index (χ4n) is 5.89. The highest BCUT2D eigenvalue weighted by atomic mass is 19.1. The number of benzene rings is 2. The minimum absolute atomic E-state index is 0.0882. The molecule has 8 rings (SSSR count). The van der Waals surface area contributed by atoms with Gasteiger partial charge in [0.1, 0.15) is 30.5 Å². The molecule has 0 atom stereocenters. The van der Waals surface area contributed by atoms with Crippen molar-refractivity contribution < 1.29 is 27.8 Å². The molecule has 2 amide bonds. The zero-order valence-corrected chi connectivity index (χ0v) is 30.8. The van der Waals surface area contributed by atoms with Crippen molar-refractivity contribution in [1.82, 2.24) is 44.3 Å². The molecule has 2 aromatic carbocycles. The second kappa shape index (κ2) is 18.0. The number of pyridine rings is 1. The van der Waals surface area contributed by atoms with Crippen LogP contribution in [0.25, 0.3) is 0 Å². The highest BCUT2D eigenvalue weighted by molar-refractivity contribution is 5.93. The van der Waals surface area contributed by atoms with Gasteiger partial charge in [-0.05, 0) is 24.1 Å². The maximum Gasteiger partial charge on any atom is 0.275 e. The predicted molar refractivity (Wildman–Crippen MR) is 198 cm³/mol. The Labute approximate surface area is 317 Å². The Morgan fingerprint density at radius 1 is 0.691 bits per heavy atom. The number of carbonyl (C=O) groups is 2. The third-order valence-electron chi connectivity index (χ3n) is 8.59. The van der Waals surface area contributed by atoms with Gasteiger partial charge < -0.3 is 19.3 Å². The molecule has 2 aliphatic rings. The second-order valence-corrected chi connectivity index (χ2v) is 12.4. The largest absolute Gasteiger partial charge is 0.472 e. The molecule has 6 aromatic rings. The van der Waals surface area contributed by atoms with Crippen LogP contribution in [-0.4, -0.2) is 69.2 Å². The van der Waals surface area contributed by atoms with Crippen LogP contribution < -0.4 is 9.47 Å². The Balaban J connectivity index is 0.000000179. The molecule has 13 nitrogen and oxygen atoms in total. The maximum absolute atomic E-state index is 13.8. The SMILES string of the molecule is CC.Cc1nccc(C(=O)N2CCn3nc(OCc4ccccc4)cc3C2)n1.O=C(c1ncc(F)cc1F)N1CCn2nc(OCc3ccccc3)cc2C1. The van der Waals surface area contributed by atoms with Gasteiger partial charge in [0.15, 0.2) is 11.5 Å². The summed E-state index contributed by atoms with van der Waals surface area (Å²) in [6.45, 7) is 9.42. The van der Waals surface area contributed by atoms with Crippen LogP contribution in [0.3, 0.4) is 0 Å².